The molecule has 1 amide bonds. The van der Waals surface area contributed by atoms with Crippen molar-refractivity contribution in [2.24, 2.45) is 0 Å². The van der Waals surface area contributed by atoms with Crippen LogP contribution in [0, 0.1) is 18.3 Å². The lowest BCUT2D eigenvalue weighted by atomic mass is 10.2. The lowest BCUT2D eigenvalue weighted by molar-refractivity contribution is -0.112. The van der Waals surface area contributed by atoms with Crippen molar-refractivity contribution in [3.63, 3.8) is 0 Å². The molecule has 2 aromatic rings. The number of aryl methyl sites for hydroxylation is 1. The van der Waals surface area contributed by atoms with Crippen LogP contribution in [0.4, 0.5) is 5.69 Å². The van der Waals surface area contributed by atoms with Crippen LogP contribution in [0.2, 0.25) is 0 Å². The summed E-state index contributed by atoms with van der Waals surface area (Å²) in [4.78, 5) is 14.0. The van der Waals surface area contributed by atoms with E-state index in [4.69, 9.17) is 4.55 Å². The van der Waals surface area contributed by atoms with Crippen LogP contribution in [0.3, 0.4) is 0 Å². The Morgan fingerprint density at radius 1 is 1.03 bits per heavy atom. The van der Waals surface area contributed by atoms with E-state index in [-0.39, 0.29) is 42.3 Å². The molecule has 2 N–H and O–H groups in total. The molecule has 1 fully saturated rings. The number of amides is 1. The molecule has 0 aliphatic carbocycles. The summed E-state index contributed by atoms with van der Waals surface area (Å²) in [6.07, 6.45) is 1.35. The normalized spacial score (nSPS) is 15.7. The molecule has 3 rings (SSSR count). The Hall–Kier alpha value is -3.24. The molecule has 1 heterocycles. The van der Waals surface area contributed by atoms with Crippen LogP contribution < -0.4 is 5.32 Å². The fraction of sp³-hybridized carbons (Fsp3) is 0.238. The van der Waals surface area contributed by atoms with Gasteiger partial charge < -0.3 is 10.2 Å². The van der Waals surface area contributed by atoms with Crippen LogP contribution in [0.25, 0.3) is 0 Å². The van der Waals surface area contributed by atoms with Crippen molar-refractivity contribution in [3.05, 3.63) is 65.9 Å². The first-order valence-electron chi connectivity index (χ1n) is 9.82. The van der Waals surface area contributed by atoms with Crippen molar-refractivity contribution in [1.29, 1.82) is 5.26 Å². The molecule has 10 nitrogen and oxygen atoms in total. The van der Waals surface area contributed by atoms with Gasteiger partial charge in [0.05, 0.1) is 9.79 Å². The number of carbonyl (C=O) groups excluding carboxylic acids is 1. The van der Waals surface area contributed by atoms with Gasteiger partial charge >= 0.3 is 0 Å². The Labute approximate surface area is 192 Å². The summed E-state index contributed by atoms with van der Waals surface area (Å²) in [7, 11) is -8.08. The second kappa shape index (κ2) is 9.72. The van der Waals surface area contributed by atoms with Gasteiger partial charge in [0, 0.05) is 38.1 Å². The maximum Gasteiger partial charge on any atom is 0.294 e. The molecule has 0 spiro atoms. The highest BCUT2D eigenvalue weighted by atomic mass is 32.2. The van der Waals surface area contributed by atoms with Crippen molar-refractivity contribution in [2.75, 3.05) is 31.5 Å². The van der Waals surface area contributed by atoms with E-state index < -0.39 is 30.9 Å². The van der Waals surface area contributed by atoms with Gasteiger partial charge in [0.2, 0.25) is 10.0 Å². The number of rotatable bonds is 6. The molecule has 0 saturated carbocycles. The van der Waals surface area contributed by atoms with Crippen molar-refractivity contribution < 1.29 is 26.2 Å². The topological polar surface area (TPSA) is 148 Å². The number of benzene rings is 2. The molecule has 0 bridgehead atoms. The highest BCUT2D eigenvalue weighted by Gasteiger charge is 2.28. The summed E-state index contributed by atoms with van der Waals surface area (Å²) in [5, 5.41) is 11.8. The Kier molecular flexibility index (Phi) is 7.19. The summed E-state index contributed by atoms with van der Waals surface area (Å²) in [5.74, 6) is -0.764. The number of anilines is 1. The zero-order valence-electron chi connectivity index (χ0n) is 17.7. The number of piperazine rings is 1. The summed E-state index contributed by atoms with van der Waals surface area (Å²) >= 11 is 0. The van der Waals surface area contributed by atoms with Gasteiger partial charge in [-0.3, -0.25) is 9.35 Å². The van der Waals surface area contributed by atoms with Crippen molar-refractivity contribution in [3.8, 4) is 6.07 Å². The second-order valence-corrected chi connectivity index (χ2v) is 10.7. The molecule has 0 unspecified atom stereocenters. The largest absolute Gasteiger partial charge is 0.373 e. The highest BCUT2D eigenvalue weighted by Crippen LogP contribution is 2.19. The number of nitriles is 1. The van der Waals surface area contributed by atoms with Crippen LogP contribution in [0.15, 0.2) is 70.1 Å². The molecule has 33 heavy (non-hydrogen) atoms. The third-order valence-corrected chi connectivity index (χ3v) is 7.76. The second-order valence-electron chi connectivity index (χ2n) is 7.36. The maximum atomic E-state index is 12.8. The monoisotopic (exact) mass is 490 g/mol. The van der Waals surface area contributed by atoms with Gasteiger partial charge in [-0.2, -0.15) is 18.0 Å². The smallest absolute Gasteiger partial charge is 0.294 e. The fourth-order valence-corrected chi connectivity index (χ4v) is 5.13. The minimum Gasteiger partial charge on any atom is -0.373 e. The zero-order chi connectivity index (χ0) is 24.2. The molecule has 174 valence electrons. The standard InChI is InChI=1S/C21H22N4O6S2/c1-16-5-7-19(8-6-16)32(27,28)25-11-9-24(10-12-25)15-17(14-22)21(26)23-18-3-2-4-20(13-18)33(29,30)31/h2-8,13,15H,9-12H2,1H3,(H,23,26)(H,29,30,31)/b17-15-. The van der Waals surface area contributed by atoms with Gasteiger partial charge in [0.25, 0.3) is 16.0 Å². The molecule has 0 radical (unpaired) electrons. The Morgan fingerprint density at radius 3 is 2.24 bits per heavy atom. The third kappa shape index (κ3) is 5.96. The number of nitrogens with zero attached hydrogens (tertiary/aromatic N) is 3. The minimum atomic E-state index is -4.44. The first-order chi connectivity index (χ1) is 15.5. The molecule has 1 saturated heterocycles. The van der Waals surface area contributed by atoms with Gasteiger partial charge in [-0.1, -0.05) is 23.8 Å². The number of sulfonamides is 1. The van der Waals surface area contributed by atoms with E-state index in [1.165, 1.54) is 22.6 Å². The van der Waals surface area contributed by atoms with E-state index in [0.717, 1.165) is 17.7 Å². The average molecular weight is 491 g/mol. The average Bonchev–Trinajstić information content (AvgIpc) is 2.77. The molecular formula is C21H22N4O6S2. The van der Waals surface area contributed by atoms with E-state index in [0.29, 0.717) is 0 Å². The van der Waals surface area contributed by atoms with Crippen LogP contribution in [0.1, 0.15) is 5.56 Å². The highest BCUT2D eigenvalue weighted by molar-refractivity contribution is 7.89. The van der Waals surface area contributed by atoms with Gasteiger partial charge in [-0.25, -0.2) is 8.42 Å². The van der Waals surface area contributed by atoms with E-state index in [1.807, 2.05) is 6.92 Å². The quantitative estimate of drug-likeness (QED) is 0.352. The van der Waals surface area contributed by atoms with Crippen molar-refractivity contribution in [2.45, 2.75) is 16.7 Å². The van der Waals surface area contributed by atoms with Crippen LogP contribution in [-0.4, -0.2) is 62.7 Å². The first kappa shape index (κ1) is 24.4. The predicted octanol–water partition coefficient (Wildman–Crippen LogP) is 1.59. The van der Waals surface area contributed by atoms with E-state index in [2.05, 4.69) is 5.32 Å². The number of hydrogen-bond acceptors (Lipinski definition) is 7. The van der Waals surface area contributed by atoms with Crippen molar-refractivity contribution in [1.82, 2.24) is 9.21 Å². The van der Waals surface area contributed by atoms with Crippen LogP contribution in [-0.2, 0) is 24.9 Å². The number of nitrogens with one attached hydrogen (secondary N) is 1. The number of carbonyl (C=O) groups is 1. The fourth-order valence-electron chi connectivity index (χ4n) is 3.19. The van der Waals surface area contributed by atoms with Crippen LogP contribution >= 0.6 is 0 Å². The van der Waals surface area contributed by atoms with Crippen LogP contribution in [0.5, 0.6) is 0 Å². The molecule has 1 aliphatic heterocycles. The first-order valence-corrected chi connectivity index (χ1v) is 12.7. The Bertz CT molecular complexity index is 1320. The van der Waals surface area contributed by atoms with Gasteiger partial charge in [0.1, 0.15) is 11.6 Å². The molecule has 1 aliphatic rings. The molecular weight excluding hydrogens is 468 g/mol. The molecule has 12 heteroatoms. The van der Waals surface area contributed by atoms with Gasteiger partial charge in [0.15, 0.2) is 0 Å². The van der Waals surface area contributed by atoms with E-state index in [1.54, 1.807) is 35.2 Å². The zero-order valence-corrected chi connectivity index (χ0v) is 19.3. The number of hydrogen-bond donors (Lipinski definition) is 2. The lowest BCUT2D eigenvalue weighted by Gasteiger charge is -2.33. The SMILES string of the molecule is Cc1ccc(S(=O)(=O)N2CCN(/C=C(/C#N)C(=O)Nc3cccc(S(=O)(=O)O)c3)CC2)cc1. The minimum absolute atomic E-state index is 0.0882. The Morgan fingerprint density at radius 2 is 1.67 bits per heavy atom. The summed E-state index contributed by atoms with van der Waals surface area (Å²) in [6, 6.07) is 13.4. The van der Waals surface area contributed by atoms with E-state index >= 15 is 0 Å². The molecule has 0 aromatic heterocycles. The predicted molar refractivity (Wildman–Crippen MR) is 120 cm³/mol. The lowest BCUT2D eigenvalue weighted by Crippen LogP contribution is -2.46. The third-order valence-electron chi connectivity index (χ3n) is 5.00. The Balaban J connectivity index is 1.66. The van der Waals surface area contributed by atoms with Crippen molar-refractivity contribution >= 4 is 31.7 Å². The summed E-state index contributed by atoms with van der Waals surface area (Å²) in [6.45, 7) is 2.80. The maximum absolute atomic E-state index is 12.8. The molecule has 0 atom stereocenters. The summed E-state index contributed by atoms with van der Waals surface area (Å²) in [5.41, 5.74) is 0.809. The van der Waals surface area contributed by atoms with E-state index in [9.17, 15) is 26.9 Å². The summed E-state index contributed by atoms with van der Waals surface area (Å²) < 4.78 is 58.6. The molecule has 2 aromatic carbocycles. The van der Waals surface area contributed by atoms with Gasteiger partial charge in [-0.15, -0.1) is 0 Å². The van der Waals surface area contributed by atoms with Gasteiger partial charge in [-0.05, 0) is 37.3 Å².